The van der Waals surface area contributed by atoms with Crippen LogP contribution >= 0.6 is 0 Å². The van der Waals surface area contributed by atoms with Crippen LogP contribution in [0.15, 0.2) is 37.1 Å². The molecule has 2 aromatic heterocycles. The van der Waals surface area contributed by atoms with E-state index in [-0.39, 0.29) is 17.2 Å². The monoisotopic (exact) mass is 416 g/mol. The predicted octanol–water partition coefficient (Wildman–Crippen LogP) is 3.36. The molecule has 2 aliphatic carbocycles. The minimum Gasteiger partial charge on any atom is -0.507 e. The first-order valence-electron chi connectivity index (χ1n) is 10.2. The van der Waals surface area contributed by atoms with Gasteiger partial charge in [0, 0.05) is 18.0 Å². The summed E-state index contributed by atoms with van der Waals surface area (Å²) in [4.78, 5) is 42.5. The molecule has 1 fully saturated rings. The lowest BCUT2D eigenvalue weighted by Crippen LogP contribution is -2.20. The Morgan fingerprint density at radius 1 is 1.10 bits per heavy atom. The normalized spacial score (nSPS) is 15.3. The second-order valence-corrected chi connectivity index (χ2v) is 7.74. The number of hydrogen-bond donors (Lipinski definition) is 3. The fourth-order valence-corrected chi connectivity index (χ4v) is 3.78. The average molecular weight is 416 g/mol. The van der Waals surface area contributed by atoms with Gasteiger partial charge in [0.15, 0.2) is 17.3 Å². The molecule has 2 heterocycles. The van der Waals surface area contributed by atoms with Gasteiger partial charge in [-0.25, -0.2) is 19.9 Å². The summed E-state index contributed by atoms with van der Waals surface area (Å²) in [6.07, 6.45) is 9.98. The number of carbonyl (C=O) groups is 2. The number of Topliss-reactive ketones (excluding diaryl/α,β-unsaturated/α-hetero) is 1. The van der Waals surface area contributed by atoms with Gasteiger partial charge in [-0.2, -0.15) is 0 Å². The number of hydrogen-bond acceptors (Lipinski definition) is 8. The van der Waals surface area contributed by atoms with Crippen molar-refractivity contribution in [2.24, 2.45) is 0 Å². The van der Waals surface area contributed by atoms with Gasteiger partial charge in [-0.15, -0.1) is 0 Å². The third-order valence-electron chi connectivity index (χ3n) is 5.47. The van der Waals surface area contributed by atoms with E-state index in [1.165, 1.54) is 12.4 Å². The van der Waals surface area contributed by atoms with Gasteiger partial charge in [-0.1, -0.05) is 0 Å². The Morgan fingerprint density at radius 2 is 1.90 bits per heavy atom. The Hall–Kier alpha value is -3.88. The largest absolute Gasteiger partial charge is 0.507 e. The first-order valence-corrected chi connectivity index (χ1v) is 10.2. The summed E-state index contributed by atoms with van der Waals surface area (Å²) in [6, 6.07) is 3.05. The van der Waals surface area contributed by atoms with Crippen LogP contribution in [0.5, 0.6) is 5.75 Å². The van der Waals surface area contributed by atoms with Crippen LogP contribution in [-0.2, 0) is 6.42 Å². The number of nitrogens with zero attached hydrogens (tertiary/aromatic N) is 4. The SMILES string of the molecule is O=C(Nc1ccc(O)c2c1CCCC2=O)c1nc(C2CC2)cnc1Nc1cncnc1. The van der Waals surface area contributed by atoms with E-state index in [1.807, 2.05) is 0 Å². The van der Waals surface area contributed by atoms with Gasteiger partial charge in [0.2, 0.25) is 0 Å². The van der Waals surface area contributed by atoms with Gasteiger partial charge in [0.25, 0.3) is 5.91 Å². The zero-order valence-corrected chi connectivity index (χ0v) is 16.6. The number of ketones is 1. The van der Waals surface area contributed by atoms with Gasteiger partial charge in [-0.3, -0.25) is 9.59 Å². The Bertz CT molecular complexity index is 1180. The maximum atomic E-state index is 13.2. The quantitative estimate of drug-likeness (QED) is 0.540. The number of carbonyl (C=O) groups excluding carboxylic acids is 2. The molecule has 3 N–H and O–H groups in total. The summed E-state index contributed by atoms with van der Waals surface area (Å²) in [7, 11) is 0. The third-order valence-corrected chi connectivity index (χ3v) is 5.47. The molecule has 9 heteroatoms. The maximum absolute atomic E-state index is 13.2. The van der Waals surface area contributed by atoms with Gasteiger partial charge in [-0.05, 0) is 43.4 Å². The van der Waals surface area contributed by atoms with E-state index in [2.05, 4.69) is 30.6 Å². The number of amides is 1. The van der Waals surface area contributed by atoms with Crippen LogP contribution in [0.4, 0.5) is 17.2 Å². The molecule has 0 saturated heterocycles. The predicted molar refractivity (Wildman–Crippen MR) is 113 cm³/mol. The molecule has 0 bridgehead atoms. The highest BCUT2D eigenvalue weighted by Crippen LogP contribution is 2.39. The lowest BCUT2D eigenvalue weighted by Gasteiger charge is -2.20. The summed E-state index contributed by atoms with van der Waals surface area (Å²) >= 11 is 0. The Morgan fingerprint density at radius 3 is 2.68 bits per heavy atom. The molecular weight excluding hydrogens is 396 g/mol. The maximum Gasteiger partial charge on any atom is 0.278 e. The number of rotatable bonds is 5. The van der Waals surface area contributed by atoms with Crippen molar-refractivity contribution in [2.45, 2.75) is 38.0 Å². The molecule has 0 atom stereocenters. The molecule has 5 rings (SSSR count). The van der Waals surface area contributed by atoms with Crippen molar-refractivity contribution in [3.05, 3.63) is 59.6 Å². The van der Waals surface area contributed by atoms with E-state index in [9.17, 15) is 14.7 Å². The molecule has 156 valence electrons. The summed E-state index contributed by atoms with van der Waals surface area (Å²) in [5, 5.41) is 16.1. The molecule has 0 unspecified atom stereocenters. The average Bonchev–Trinajstić information content (AvgIpc) is 3.62. The molecule has 0 spiro atoms. The zero-order chi connectivity index (χ0) is 21.4. The van der Waals surface area contributed by atoms with E-state index in [4.69, 9.17) is 0 Å². The number of phenols is 1. The van der Waals surface area contributed by atoms with E-state index in [1.54, 1.807) is 24.7 Å². The number of benzene rings is 1. The van der Waals surface area contributed by atoms with Crippen LogP contribution < -0.4 is 10.6 Å². The highest BCUT2D eigenvalue weighted by atomic mass is 16.3. The van der Waals surface area contributed by atoms with Crippen LogP contribution in [0.25, 0.3) is 0 Å². The fraction of sp³-hybridized carbons (Fsp3) is 0.273. The number of nitrogens with one attached hydrogen (secondary N) is 2. The molecule has 1 saturated carbocycles. The van der Waals surface area contributed by atoms with E-state index in [0.29, 0.717) is 53.5 Å². The molecule has 9 nitrogen and oxygen atoms in total. The Balaban J connectivity index is 1.49. The minimum atomic E-state index is -0.444. The van der Waals surface area contributed by atoms with Crippen LogP contribution in [-0.4, -0.2) is 36.7 Å². The van der Waals surface area contributed by atoms with Gasteiger partial charge >= 0.3 is 0 Å². The Labute approximate surface area is 178 Å². The van der Waals surface area contributed by atoms with Crippen LogP contribution in [0, 0.1) is 0 Å². The molecule has 1 aromatic carbocycles. The zero-order valence-electron chi connectivity index (χ0n) is 16.6. The van der Waals surface area contributed by atoms with E-state index >= 15 is 0 Å². The lowest BCUT2D eigenvalue weighted by molar-refractivity contribution is 0.0967. The second kappa shape index (κ2) is 7.75. The van der Waals surface area contributed by atoms with Crippen molar-refractivity contribution in [3.8, 4) is 5.75 Å². The summed E-state index contributed by atoms with van der Waals surface area (Å²) in [5.41, 5.74) is 2.96. The number of aromatic hydroxyl groups is 1. The van der Waals surface area contributed by atoms with E-state index in [0.717, 1.165) is 18.5 Å². The molecular formula is C22H20N6O3. The summed E-state index contributed by atoms with van der Waals surface area (Å²) < 4.78 is 0. The molecule has 0 aliphatic heterocycles. The van der Waals surface area contributed by atoms with Crippen LogP contribution in [0.3, 0.4) is 0 Å². The third kappa shape index (κ3) is 3.81. The second-order valence-electron chi connectivity index (χ2n) is 7.74. The number of aromatic nitrogens is 4. The molecule has 3 aromatic rings. The summed E-state index contributed by atoms with van der Waals surface area (Å²) in [6.45, 7) is 0. The number of fused-ring (bicyclic) bond motifs is 1. The number of anilines is 3. The van der Waals surface area contributed by atoms with Crippen molar-refractivity contribution in [3.63, 3.8) is 0 Å². The number of phenolic OH excluding ortho intramolecular Hbond substituents is 1. The topological polar surface area (TPSA) is 130 Å². The van der Waals surface area contributed by atoms with Crippen molar-refractivity contribution in [1.82, 2.24) is 19.9 Å². The van der Waals surface area contributed by atoms with Crippen molar-refractivity contribution < 1.29 is 14.7 Å². The van der Waals surface area contributed by atoms with Gasteiger partial charge in [0.05, 0.1) is 35.5 Å². The first kappa shape index (κ1) is 19.1. The van der Waals surface area contributed by atoms with Crippen LogP contribution in [0.1, 0.15) is 63.7 Å². The van der Waals surface area contributed by atoms with Crippen LogP contribution in [0.2, 0.25) is 0 Å². The molecule has 31 heavy (non-hydrogen) atoms. The highest BCUT2D eigenvalue weighted by molar-refractivity contribution is 6.09. The highest BCUT2D eigenvalue weighted by Gasteiger charge is 2.29. The fourth-order valence-electron chi connectivity index (χ4n) is 3.78. The van der Waals surface area contributed by atoms with E-state index < -0.39 is 5.91 Å². The van der Waals surface area contributed by atoms with Crippen molar-refractivity contribution >= 4 is 28.9 Å². The molecule has 2 aliphatic rings. The smallest absolute Gasteiger partial charge is 0.278 e. The summed E-state index contributed by atoms with van der Waals surface area (Å²) in [5.74, 6) is 0.00403. The van der Waals surface area contributed by atoms with Gasteiger partial charge < -0.3 is 15.7 Å². The first-order chi connectivity index (χ1) is 15.1. The molecule has 1 amide bonds. The Kier molecular flexibility index (Phi) is 4.78. The van der Waals surface area contributed by atoms with Crippen molar-refractivity contribution in [2.75, 3.05) is 10.6 Å². The molecule has 0 radical (unpaired) electrons. The standard InChI is InChI=1S/C22H20N6O3/c29-17-3-1-2-14-15(6-7-18(30)19(14)17)28-22(31)20-21(26-13-8-23-11-24-9-13)25-10-16(27-20)12-4-5-12/h6-12,30H,1-5H2,(H,25,26)(H,28,31). The van der Waals surface area contributed by atoms with Gasteiger partial charge in [0.1, 0.15) is 12.1 Å². The minimum absolute atomic E-state index is 0.0559. The lowest BCUT2D eigenvalue weighted by atomic mass is 9.88. The van der Waals surface area contributed by atoms with Crippen molar-refractivity contribution in [1.29, 1.82) is 0 Å².